The van der Waals surface area contributed by atoms with Crippen LogP contribution in [0.3, 0.4) is 0 Å². The summed E-state index contributed by atoms with van der Waals surface area (Å²) in [6.07, 6.45) is 1.51. The summed E-state index contributed by atoms with van der Waals surface area (Å²) in [5.74, 6) is -0.549. The Balaban J connectivity index is 1.49. The molecule has 0 aliphatic carbocycles. The topological polar surface area (TPSA) is 61.8 Å². The molecular formula is C20H14ClN3O2. The normalized spacial score (nSPS) is 13.0. The summed E-state index contributed by atoms with van der Waals surface area (Å²) in [6.45, 7) is -0.0977. The fourth-order valence-electron chi connectivity index (χ4n) is 3.08. The summed E-state index contributed by atoms with van der Waals surface area (Å²) in [7, 11) is 0. The molecule has 2 amide bonds. The van der Waals surface area contributed by atoms with Crippen molar-refractivity contribution >= 4 is 46.1 Å². The number of halogens is 1. The van der Waals surface area contributed by atoms with Gasteiger partial charge in [0.25, 0.3) is 11.8 Å². The van der Waals surface area contributed by atoms with Gasteiger partial charge in [0.1, 0.15) is 6.54 Å². The molecule has 0 saturated heterocycles. The minimum absolute atomic E-state index is 0.0977. The molecule has 0 fully saturated rings. The fourth-order valence-corrected chi connectivity index (χ4v) is 3.28. The summed E-state index contributed by atoms with van der Waals surface area (Å²) in [4.78, 5) is 26.3. The van der Waals surface area contributed by atoms with Gasteiger partial charge < -0.3 is 0 Å². The Labute approximate surface area is 154 Å². The van der Waals surface area contributed by atoms with Gasteiger partial charge in [-0.25, -0.2) is 5.43 Å². The maximum atomic E-state index is 12.6. The van der Waals surface area contributed by atoms with Crippen LogP contribution >= 0.6 is 11.6 Å². The molecule has 26 heavy (non-hydrogen) atoms. The zero-order valence-corrected chi connectivity index (χ0v) is 14.4. The molecule has 0 unspecified atom stereocenters. The Kier molecular flexibility index (Phi) is 4.14. The standard InChI is InChI=1S/C20H14ClN3O2/c21-15-7-1-4-13(10-15)11-22-23-18(25)12-24-17-9-3-6-14-5-2-8-16(19(14)17)20(24)26/h1-11H,12H2,(H,23,25)/b22-11-. The average Bonchev–Trinajstić information content (AvgIpc) is 2.90. The van der Waals surface area contributed by atoms with Gasteiger partial charge in [-0.3, -0.25) is 14.5 Å². The van der Waals surface area contributed by atoms with Gasteiger partial charge in [0.05, 0.1) is 11.9 Å². The lowest BCUT2D eigenvalue weighted by Crippen LogP contribution is -2.37. The molecule has 6 heteroatoms. The molecule has 0 atom stereocenters. The van der Waals surface area contributed by atoms with Crippen LogP contribution in [0.25, 0.3) is 10.8 Å². The van der Waals surface area contributed by atoms with E-state index in [-0.39, 0.29) is 18.4 Å². The van der Waals surface area contributed by atoms with Gasteiger partial charge in [0.15, 0.2) is 0 Å². The third-order valence-electron chi connectivity index (χ3n) is 4.20. The second kappa shape index (κ2) is 6.61. The number of hydrogen-bond donors (Lipinski definition) is 1. The van der Waals surface area contributed by atoms with Crippen molar-refractivity contribution in [1.82, 2.24) is 5.43 Å². The Morgan fingerprint density at radius 2 is 1.88 bits per heavy atom. The van der Waals surface area contributed by atoms with Gasteiger partial charge in [-0.1, -0.05) is 48.0 Å². The Hall–Kier alpha value is -3.18. The van der Waals surface area contributed by atoms with Gasteiger partial charge in [-0.2, -0.15) is 5.10 Å². The minimum atomic E-state index is -0.374. The molecule has 0 spiro atoms. The summed E-state index contributed by atoms with van der Waals surface area (Å²) in [5, 5.41) is 6.38. The molecule has 1 aliphatic rings. The van der Waals surface area contributed by atoms with E-state index in [2.05, 4.69) is 10.5 Å². The fraction of sp³-hybridized carbons (Fsp3) is 0.0500. The summed E-state index contributed by atoms with van der Waals surface area (Å²) in [5.41, 5.74) is 4.59. The molecule has 1 aliphatic heterocycles. The van der Waals surface area contributed by atoms with Gasteiger partial charge in [-0.15, -0.1) is 0 Å². The number of amides is 2. The molecule has 0 aromatic heterocycles. The van der Waals surface area contributed by atoms with Crippen LogP contribution in [0.4, 0.5) is 5.69 Å². The highest BCUT2D eigenvalue weighted by Gasteiger charge is 2.30. The van der Waals surface area contributed by atoms with Gasteiger partial charge in [-0.05, 0) is 35.2 Å². The molecule has 1 heterocycles. The van der Waals surface area contributed by atoms with Crippen LogP contribution in [0.2, 0.25) is 5.02 Å². The molecule has 5 nitrogen and oxygen atoms in total. The van der Waals surface area contributed by atoms with E-state index in [1.807, 2.05) is 36.4 Å². The Morgan fingerprint density at radius 1 is 1.12 bits per heavy atom. The number of nitrogens with zero attached hydrogens (tertiary/aromatic N) is 2. The lowest BCUT2D eigenvalue weighted by atomic mass is 10.1. The highest BCUT2D eigenvalue weighted by atomic mass is 35.5. The number of hydrogen-bond acceptors (Lipinski definition) is 3. The van der Waals surface area contributed by atoms with Crippen molar-refractivity contribution in [3.8, 4) is 0 Å². The van der Waals surface area contributed by atoms with Crippen LogP contribution in [0, 0.1) is 0 Å². The van der Waals surface area contributed by atoms with Crippen LogP contribution in [-0.2, 0) is 4.79 Å². The zero-order valence-electron chi connectivity index (χ0n) is 13.6. The largest absolute Gasteiger partial charge is 0.298 e. The van der Waals surface area contributed by atoms with E-state index in [0.717, 1.165) is 22.0 Å². The van der Waals surface area contributed by atoms with Gasteiger partial charge in [0, 0.05) is 16.0 Å². The zero-order chi connectivity index (χ0) is 18.1. The summed E-state index contributed by atoms with van der Waals surface area (Å²) < 4.78 is 0. The van der Waals surface area contributed by atoms with Crippen molar-refractivity contribution in [2.24, 2.45) is 5.10 Å². The van der Waals surface area contributed by atoms with Crippen LogP contribution in [0.5, 0.6) is 0 Å². The lowest BCUT2D eigenvalue weighted by molar-refractivity contribution is -0.119. The number of benzene rings is 3. The van der Waals surface area contributed by atoms with Crippen LogP contribution in [0.1, 0.15) is 15.9 Å². The lowest BCUT2D eigenvalue weighted by Gasteiger charge is -2.16. The van der Waals surface area contributed by atoms with Gasteiger partial charge in [0.2, 0.25) is 0 Å². The Bertz CT molecular complexity index is 1060. The highest BCUT2D eigenvalue weighted by Crippen LogP contribution is 2.36. The molecule has 3 aromatic rings. The third-order valence-corrected chi connectivity index (χ3v) is 4.44. The predicted molar refractivity (Wildman–Crippen MR) is 103 cm³/mol. The summed E-state index contributed by atoms with van der Waals surface area (Å²) >= 11 is 5.91. The van der Waals surface area contributed by atoms with Crippen molar-refractivity contribution < 1.29 is 9.59 Å². The number of carbonyl (C=O) groups excluding carboxylic acids is 2. The molecule has 0 saturated carbocycles. The predicted octanol–water partition coefficient (Wildman–Crippen LogP) is 3.60. The van der Waals surface area contributed by atoms with E-state index >= 15 is 0 Å². The number of carbonyl (C=O) groups is 2. The maximum Gasteiger partial charge on any atom is 0.260 e. The number of nitrogens with one attached hydrogen (secondary N) is 1. The first kappa shape index (κ1) is 16.3. The summed E-state index contributed by atoms with van der Waals surface area (Å²) in [6, 6.07) is 18.4. The van der Waals surface area contributed by atoms with E-state index < -0.39 is 0 Å². The first-order valence-corrected chi connectivity index (χ1v) is 8.42. The number of anilines is 1. The molecule has 3 aromatic carbocycles. The van der Waals surface area contributed by atoms with Crippen molar-refractivity contribution in [3.63, 3.8) is 0 Å². The van der Waals surface area contributed by atoms with Crippen molar-refractivity contribution in [2.75, 3.05) is 11.4 Å². The molecule has 128 valence electrons. The first-order chi connectivity index (χ1) is 12.6. The monoisotopic (exact) mass is 363 g/mol. The Morgan fingerprint density at radius 3 is 2.69 bits per heavy atom. The highest BCUT2D eigenvalue weighted by molar-refractivity contribution is 6.30. The van der Waals surface area contributed by atoms with Crippen LogP contribution < -0.4 is 10.3 Å². The van der Waals surface area contributed by atoms with E-state index in [1.165, 1.54) is 11.1 Å². The van der Waals surface area contributed by atoms with Crippen LogP contribution in [0.15, 0.2) is 65.8 Å². The number of rotatable bonds is 4. The number of hydrazone groups is 1. The molecule has 1 N–H and O–H groups in total. The smallest absolute Gasteiger partial charge is 0.260 e. The molecule has 0 bridgehead atoms. The SMILES string of the molecule is O=C(CN1C(=O)c2cccc3cccc1c23)N/N=C\c1cccc(Cl)c1. The minimum Gasteiger partial charge on any atom is -0.298 e. The van der Waals surface area contributed by atoms with Gasteiger partial charge >= 0.3 is 0 Å². The third kappa shape index (κ3) is 2.93. The molecule has 0 radical (unpaired) electrons. The van der Waals surface area contributed by atoms with E-state index in [0.29, 0.717) is 10.6 Å². The molecular weight excluding hydrogens is 350 g/mol. The quantitative estimate of drug-likeness (QED) is 0.568. The molecule has 4 rings (SSSR count). The van der Waals surface area contributed by atoms with E-state index in [4.69, 9.17) is 11.6 Å². The van der Waals surface area contributed by atoms with E-state index in [1.54, 1.807) is 24.3 Å². The van der Waals surface area contributed by atoms with Crippen molar-refractivity contribution in [1.29, 1.82) is 0 Å². The average molecular weight is 364 g/mol. The van der Waals surface area contributed by atoms with Crippen molar-refractivity contribution in [3.05, 3.63) is 76.8 Å². The maximum absolute atomic E-state index is 12.6. The van der Waals surface area contributed by atoms with E-state index in [9.17, 15) is 9.59 Å². The first-order valence-electron chi connectivity index (χ1n) is 8.04. The van der Waals surface area contributed by atoms with Crippen molar-refractivity contribution in [2.45, 2.75) is 0 Å². The second-order valence-corrected chi connectivity index (χ2v) is 6.36. The second-order valence-electron chi connectivity index (χ2n) is 5.92. The van der Waals surface area contributed by atoms with Crippen LogP contribution in [-0.4, -0.2) is 24.6 Å².